The van der Waals surface area contributed by atoms with Gasteiger partial charge in [0.1, 0.15) is 17.5 Å². The van der Waals surface area contributed by atoms with Crippen molar-refractivity contribution in [1.82, 2.24) is 19.5 Å². The molecule has 2 aromatic heterocycles. The van der Waals surface area contributed by atoms with Gasteiger partial charge in [0.2, 0.25) is 0 Å². The van der Waals surface area contributed by atoms with Crippen molar-refractivity contribution in [2.75, 3.05) is 11.4 Å². The first-order valence-corrected chi connectivity index (χ1v) is 8.29. The van der Waals surface area contributed by atoms with Crippen LogP contribution in [0.25, 0.3) is 11.0 Å². The van der Waals surface area contributed by atoms with Gasteiger partial charge >= 0.3 is 0 Å². The second kappa shape index (κ2) is 5.65. The predicted octanol–water partition coefficient (Wildman–Crippen LogP) is 3.50. The molecular formula is C18H21N5. The first-order chi connectivity index (χ1) is 11.3. The van der Waals surface area contributed by atoms with E-state index in [1.165, 1.54) is 11.9 Å². The van der Waals surface area contributed by atoms with E-state index < -0.39 is 0 Å². The van der Waals surface area contributed by atoms with E-state index in [2.05, 4.69) is 50.6 Å². The first kappa shape index (κ1) is 14.2. The minimum absolute atomic E-state index is 0.289. The second-order valence-electron chi connectivity index (χ2n) is 6.02. The van der Waals surface area contributed by atoms with Gasteiger partial charge in [-0.2, -0.15) is 0 Å². The molecule has 1 fully saturated rings. The molecule has 0 radical (unpaired) electrons. The molecule has 0 N–H and O–H groups in total. The van der Waals surface area contributed by atoms with Crippen LogP contribution in [0, 0.1) is 6.92 Å². The molecule has 3 heterocycles. The summed E-state index contributed by atoms with van der Waals surface area (Å²) in [6, 6.07) is 10.7. The van der Waals surface area contributed by atoms with Gasteiger partial charge in [0.25, 0.3) is 0 Å². The summed E-state index contributed by atoms with van der Waals surface area (Å²) in [5.41, 5.74) is 2.30. The number of benzene rings is 1. The molecule has 118 valence electrons. The second-order valence-corrected chi connectivity index (χ2v) is 6.02. The lowest BCUT2D eigenvalue weighted by molar-refractivity contribution is 0.605. The zero-order valence-electron chi connectivity index (χ0n) is 13.6. The van der Waals surface area contributed by atoms with Crippen molar-refractivity contribution in [3.8, 4) is 0 Å². The monoisotopic (exact) mass is 307 g/mol. The van der Waals surface area contributed by atoms with Crippen LogP contribution in [-0.4, -0.2) is 26.1 Å². The summed E-state index contributed by atoms with van der Waals surface area (Å²) in [6.45, 7) is 6.08. The van der Waals surface area contributed by atoms with Crippen LogP contribution in [0.2, 0.25) is 0 Å². The van der Waals surface area contributed by atoms with Crippen LogP contribution in [0.3, 0.4) is 0 Å². The number of rotatable bonds is 3. The van der Waals surface area contributed by atoms with Crippen LogP contribution in [0.1, 0.15) is 37.5 Å². The Bertz CT molecular complexity index is 838. The molecule has 0 saturated carbocycles. The number of aryl methyl sites for hydroxylation is 2. The molecule has 0 spiro atoms. The van der Waals surface area contributed by atoms with E-state index in [9.17, 15) is 0 Å². The molecule has 0 unspecified atom stereocenters. The maximum atomic E-state index is 4.94. The summed E-state index contributed by atoms with van der Waals surface area (Å²) in [4.78, 5) is 16.2. The van der Waals surface area contributed by atoms with Gasteiger partial charge in [-0.3, -0.25) is 0 Å². The van der Waals surface area contributed by atoms with Crippen molar-refractivity contribution in [2.45, 2.75) is 39.3 Å². The number of nitrogens with zero attached hydrogens (tertiary/aromatic N) is 5. The maximum absolute atomic E-state index is 4.94. The number of imidazole rings is 1. The summed E-state index contributed by atoms with van der Waals surface area (Å²) in [5, 5.41) is 0. The van der Waals surface area contributed by atoms with Gasteiger partial charge in [-0.05, 0) is 44.9 Å². The third-order valence-electron chi connectivity index (χ3n) is 4.61. The summed E-state index contributed by atoms with van der Waals surface area (Å²) in [6.07, 6.45) is 4.13. The van der Waals surface area contributed by atoms with E-state index in [4.69, 9.17) is 4.98 Å². The summed E-state index contributed by atoms with van der Waals surface area (Å²) in [5.74, 6) is 2.98. The fourth-order valence-electron chi connectivity index (χ4n) is 3.59. The van der Waals surface area contributed by atoms with E-state index in [1.54, 1.807) is 0 Å². The van der Waals surface area contributed by atoms with Crippen LogP contribution in [0.5, 0.6) is 0 Å². The van der Waals surface area contributed by atoms with Crippen LogP contribution in [0.15, 0.2) is 36.5 Å². The Morgan fingerprint density at radius 3 is 2.87 bits per heavy atom. The van der Waals surface area contributed by atoms with Crippen LogP contribution >= 0.6 is 0 Å². The number of hydrogen-bond donors (Lipinski definition) is 0. The van der Waals surface area contributed by atoms with Crippen LogP contribution in [-0.2, 0) is 6.54 Å². The van der Waals surface area contributed by atoms with Gasteiger partial charge < -0.3 is 9.47 Å². The molecule has 5 heteroatoms. The molecule has 3 aromatic rings. The molecule has 5 nitrogen and oxygen atoms in total. The number of fused-ring (bicyclic) bond motifs is 1. The van der Waals surface area contributed by atoms with Gasteiger partial charge in [0.05, 0.1) is 17.1 Å². The Hall–Kier alpha value is -2.43. The first-order valence-electron chi connectivity index (χ1n) is 8.29. The molecule has 1 saturated heterocycles. The molecule has 23 heavy (non-hydrogen) atoms. The zero-order valence-corrected chi connectivity index (χ0v) is 13.6. The van der Waals surface area contributed by atoms with Crippen molar-refractivity contribution in [1.29, 1.82) is 0 Å². The summed E-state index contributed by atoms with van der Waals surface area (Å²) in [7, 11) is 0. The SMILES string of the molecule is CCn1c([C@@H]2CCCN2c2ccnc(C)n2)nc2ccccc21. The lowest BCUT2D eigenvalue weighted by Crippen LogP contribution is -2.26. The molecule has 0 amide bonds. The smallest absolute Gasteiger partial charge is 0.132 e. The molecule has 1 aromatic carbocycles. The highest BCUT2D eigenvalue weighted by Crippen LogP contribution is 2.36. The lowest BCUT2D eigenvalue weighted by Gasteiger charge is -2.26. The van der Waals surface area contributed by atoms with Crippen LogP contribution in [0.4, 0.5) is 5.82 Å². The maximum Gasteiger partial charge on any atom is 0.132 e. The fraction of sp³-hybridized carbons (Fsp3) is 0.389. The van der Waals surface area contributed by atoms with Crippen molar-refractivity contribution in [2.24, 2.45) is 0 Å². The Kier molecular flexibility index (Phi) is 3.48. The number of hydrogen-bond acceptors (Lipinski definition) is 4. The minimum Gasteiger partial charge on any atom is -0.346 e. The van der Waals surface area contributed by atoms with E-state index in [0.29, 0.717) is 0 Å². The van der Waals surface area contributed by atoms with E-state index >= 15 is 0 Å². The zero-order chi connectivity index (χ0) is 15.8. The molecular weight excluding hydrogens is 286 g/mol. The van der Waals surface area contributed by atoms with Crippen molar-refractivity contribution in [3.05, 3.63) is 48.2 Å². The molecule has 1 aliphatic rings. The highest BCUT2D eigenvalue weighted by Gasteiger charge is 2.31. The lowest BCUT2D eigenvalue weighted by atomic mass is 10.2. The van der Waals surface area contributed by atoms with Crippen LogP contribution < -0.4 is 4.90 Å². The van der Waals surface area contributed by atoms with Gasteiger partial charge in [-0.15, -0.1) is 0 Å². The highest BCUT2D eigenvalue weighted by atomic mass is 15.3. The normalized spacial score (nSPS) is 18.0. The molecule has 0 aliphatic carbocycles. The minimum atomic E-state index is 0.289. The number of aromatic nitrogens is 4. The van der Waals surface area contributed by atoms with Crippen molar-refractivity contribution < 1.29 is 0 Å². The van der Waals surface area contributed by atoms with E-state index in [1.807, 2.05) is 19.2 Å². The molecule has 4 rings (SSSR count). The molecule has 1 atom stereocenters. The quantitative estimate of drug-likeness (QED) is 0.743. The van der Waals surface area contributed by atoms with Crippen molar-refractivity contribution in [3.63, 3.8) is 0 Å². The van der Waals surface area contributed by atoms with Gasteiger partial charge in [0, 0.05) is 19.3 Å². The standard InChI is InChI=1S/C18H21N5/c1-3-22-15-8-5-4-7-14(15)21-18(22)16-9-6-12-23(16)17-10-11-19-13(2)20-17/h4-5,7-8,10-11,16H,3,6,9,12H2,1-2H3/t16-/m0/s1. The van der Waals surface area contributed by atoms with Crippen molar-refractivity contribution >= 4 is 16.9 Å². The highest BCUT2D eigenvalue weighted by molar-refractivity contribution is 5.76. The van der Waals surface area contributed by atoms with Gasteiger partial charge in [0.15, 0.2) is 0 Å². The average molecular weight is 307 g/mol. The topological polar surface area (TPSA) is 46.8 Å². The number of para-hydroxylation sites is 2. The Morgan fingerprint density at radius 1 is 1.17 bits per heavy atom. The predicted molar refractivity (Wildman–Crippen MR) is 91.5 cm³/mol. The fourth-order valence-corrected chi connectivity index (χ4v) is 3.59. The van der Waals surface area contributed by atoms with E-state index in [0.717, 1.165) is 42.5 Å². The molecule has 1 aliphatic heterocycles. The van der Waals surface area contributed by atoms with Gasteiger partial charge in [-0.25, -0.2) is 15.0 Å². The van der Waals surface area contributed by atoms with E-state index in [-0.39, 0.29) is 6.04 Å². The summed E-state index contributed by atoms with van der Waals surface area (Å²) >= 11 is 0. The Labute approximate surface area is 136 Å². The summed E-state index contributed by atoms with van der Waals surface area (Å²) < 4.78 is 2.34. The van der Waals surface area contributed by atoms with Gasteiger partial charge in [-0.1, -0.05) is 12.1 Å². The third kappa shape index (κ3) is 2.36. The Morgan fingerprint density at radius 2 is 2.04 bits per heavy atom. The molecule has 0 bridgehead atoms. The largest absolute Gasteiger partial charge is 0.346 e. The third-order valence-corrected chi connectivity index (χ3v) is 4.61. The Balaban J connectivity index is 1.80. The average Bonchev–Trinajstić information content (AvgIpc) is 3.18. The number of anilines is 1.